The van der Waals surface area contributed by atoms with Crippen molar-refractivity contribution in [1.82, 2.24) is 5.32 Å². The summed E-state index contributed by atoms with van der Waals surface area (Å²) >= 11 is 5.94. The van der Waals surface area contributed by atoms with E-state index in [1.807, 2.05) is 18.2 Å². The number of carbonyl (C=O) groups excluding carboxylic acids is 1. The highest BCUT2D eigenvalue weighted by atomic mass is 35.5. The third kappa shape index (κ3) is 2.79. The monoisotopic (exact) mass is 241 g/mol. The smallest absolute Gasteiger partial charge is 0.407 e. The Balaban J connectivity index is 1.84. The Morgan fingerprint density at radius 2 is 2.31 bits per heavy atom. The second-order valence-corrected chi connectivity index (χ2v) is 3.99. The Bertz CT molecular complexity index is 373. The predicted octanol–water partition coefficient (Wildman–Crippen LogP) is 2.07. The molecular formula is C11H12ClNO3. The molecule has 1 amide bonds. The van der Waals surface area contributed by atoms with Crippen molar-refractivity contribution in [2.75, 3.05) is 19.8 Å². The van der Waals surface area contributed by atoms with Crippen molar-refractivity contribution in [3.63, 3.8) is 0 Å². The van der Waals surface area contributed by atoms with Gasteiger partial charge in [0, 0.05) is 12.5 Å². The third-order valence-corrected chi connectivity index (χ3v) is 2.61. The Hall–Kier alpha value is -1.42. The van der Waals surface area contributed by atoms with E-state index in [2.05, 4.69) is 5.32 Å². The van der Waals surface area contributed by atoms with Crippen LogP contribution in [0.1, 0.15) is 0 Å². The van der Waals surface area contributed by atoms with Crippen molar-refractivity contribution in [1.29, 1.82) is 0 Å². The molecule has 0 bridgehead atoms. The average molecular weight is 242 g/mol. The molecular weight excluding hydrogens is 230 g/mol. The van der Waals surface area contributed by atoms with Gasteiger partial charge >= 0.3 is 6.09 Å². The fourth-order valence-corrected chi connectivity index (χ4v) is 1.60. The first kappa shape index (κ1) is 11.1. The number of cyclic esters (lactones) is 1. The molecule has 0 aromatic heterocycles. The number of amides is 1. The zero-order chi connectivity index (χ0) is 11.4. The maximum absolute atomic E-state index is 10.7. The molecule has 1 atom stereocenters. The van der Waals surface area contributed by atoms with Gasteiger partial charge in [-0.15, -0.1) is 0 Å². The zero-order valence-corrected chi connectivity index (χ0v) is 9.37. The highest BCUT2D eigenvalue weighted by Crippen LogP contribution is 2.23. The molecule has 0 saturated carbocycles. The quantitative estimate of drug-likeness (QED) is 0.881. The van der Waals surface area contributed by atoms with Gasteiger partial charge in [-0.3, -0.25) is 0 Å². The maximum atomic E-state index is 10.7. The van der Waals surface area contributed by atoms with Gasteiger partial charge in [0.1, 0.15) is 12.4 Å². The number of ether oxygens (including phenoxy) is 2. The highest BCUT2D eigenvalue weighted by molar-refractivity contribution is 6.32. The van der Waals surface area contributed by atoms with Crippen LogP contribution in [0.3, 0.4) is 0 Å². The van der Waals surface area contributed by atoms with E-state index < -0.39 is 0 Å². The molecule has 5 heteroatoms. The number of benzene rings is 1. The molecule has 0 aliphatic carbocycles. The summed E-state index contributed by atoms with van der Waals surface area (Å²) in [6.45, 7) is 1.43. The van der Waals surface area contributed by atoms with Crippen LogP contribution < -0.4 is 10.1 Å². The van der Waals surface area contributed by atoms with E-state index >= 15 is 0 Å². The minimum atomic E-state index is -0.367. The standard InChI is InChI=1S/C11H12ClNO3/c12-9-3-1-2-4-10(9)15-6-8-5-13-11(14)16-7-8/h1-4,8H,5-7H2,(H,13,14). The van der Waals surface area contributed by atoms with Crippen molar-refractivity contribution < 1.29 is 14.3 Å². The van der Waals surface area contributed by atoms with Gasteiger partial charge in [0.15, 0.2) is 0 Å². The van der Waals surface area contributed by atoms with Gasteiger partial charge in [-0.25, -0.2) is 4.79 Å². The number of halogens is 1. The number of carbonyl (C=O) groups is 1. The van der Waals surface area contributed by atoms with E-state index in [1.54, 1.807) is 6.07 Å². The molecule has 1 aromatic carbocycles. The van der Waals surface area contributed by atoms with E-state index in [-0.39, 0.29) is 12.0 Å². The van der Waals surface area contributed by atoms with Crippen molar-refractivity contribution >= 4 is 17.7 Å². The van der Waals surface area contributed by atoms with E-state index in [1.165, 1.54) is 0 Å². The zero-order valence-electron chi connectivity index (χ0n) is 8.61. The van der Waals surface area contributed by atoms with Gasteiger partial charge in [-0.1, -0.05) is 23.7 Å². The Morgan fingerprint density at radius 1 is 1.50 bits per heavy atom. The van der Waals surface area contributed by atoms with E-state index in [9.17, 15) is 4.79 Å². The molecule has 1 fully saturated rings. The highest BCUT2D eigenvalue weighted by Gasteiger charge is 2.19. The van der Waals surface area contributed by atoms with Crippen molar-refractivity contribution in [3.8, 4) is 5.75 Å². The Kier molecular flexibility index (Phi) is 3.51. The number of rotatable bonds is 3. The SMILES string of the molecule is O=C1NCC(COc2ccccc2Cl)CO1. The fourth-order valence-electron chi connectivity index (χ4n) is 1.41. The molecule has 0 spiro atoms. The molecule has 1 aliphatic heterocycles. The summed E-state index contributed by atoms with van der Waals surface area (Å²) < 4.78 is 10.4. The van der Waals surface area contributed by atoms with Gasteiger partial charge in [-0.2, -0.15) is 0 Å². The number of hydrogen-bond acceptors (Lipinski definition) is 3. The van der Waals surface area contributed by atoms with Crippen molar-refractivity contribution in [3.05, 3.63) is 29.3 Å². The van der Waals surface area contributed by atoms with Crippen LogP contribution >= 0.6 is 11.6 Å². The van der Waals surface area contributed by atoms with Crippen LogP contribution in [0, 0.1) is 5.92 Å². The molecule has 1 heterocycles. The lowest BCUT2D eigenvalue weighted by Gasteiger charge is -2.22. The summed E-state index contributed by atoms with van der Waals surface area (Å²) in [5.74, 6) is 0.815. The summed E-state index contributed by atoms with van der Waals surface area (Å²) in [6.07, 6.45) is -0.367. The molecule has 1 unspecified atom stereocenters. The van der Waals surface area contributed by atoms with E-state index in [0.29, 0.717) is 30.5 Å². The first-order valence-corrected chi connectivity index (χ1v) is 5.41. The first-order chi connectivity index (χ1) is 7.75. The molecule has 1 saturated heterocycles. The molecule has 86 valence electrons. The molecule has 1 aromatic rings. The molecule has 1 aliphatic rings. The second kappa shape index (κ2) is 5.07. The fraction of sp³-hybridized carbons (Fsp3) is 0.364. The van der Waals surface area contributed by atoms with E-state index in [0.717, 1.165) is 0 Å². The maximum Gasteiger partial charge on any atom is 0.407 e. The van der Waals surface area contributed by atoms with Gasteiger partial charge < -0.3 is 14.8 Å². The summed E-state index contributed by atoms with van der Waals surface area (Å²) in [5, 5.41) is 3.20. The lowest BCUT2D eigenvalue weighted by atomic mass is 10.1. The minimum Gasteiger partial charge on any atom is -0.492 e. The van der Waals surface area contributed by atoms with Crippen LogP contribution in [0.5, 0.6) is 5.75 Å². The van der Waals surface area contributed by atoms with Crippen LogP contribution in [0.4, 0.5) is 4.79 Å². The third-order valence-electron chi connectivity index (χ3n) is 2.30. The Labute approximate surface area is 98.5 Å². The molecule has 0 radical (unpaired) electrons. The number of nitrogens with one attached hydrogen (secondary N) is 1. The van der Waals surface area contributed by atoms with Crippen LogP contribution in [-0.2, 0) is 4.74 Å². The number of para-hydroxylation sites is 1. The van der Waals surface area contributed by atoms with Crippen molar-refractivity contribution in [2.24, 2.45) is 5.92 Å². The first-order valence-electron chi connectivity index (χ1n) is 5.03. The number of hydrogen-bond donors (Lipinski definition) is 1. The summed E-state index contributed by atoms with van der Waals surface area (Å²) in [7, 11) is 0. The van der Waals surface area contributed by atoms with Crippen LogP contribution in [-0.4, -0.2) is 25.9 Å². The molecule has 16 heavy (non-hydrogen) atoms. The second-order valence-electron chi connectivity index (χ2n) is 3.59. The average Bonchev–Trinajstić information content (AvgIpc) is 2.30. The molecule has 2 rings (SSSR count). The summed E-state index contributed by atoms with van der Waals surface area (Å²) in [4.78, 5) is 10.7. The van der Waals surface area contributed by atoms with Gasteiger partial charge in [0.05, 0.1) is 11.6 Å². The lowest BCUT2D eigenvalue weighted by Crippen LogP contribution is -2.41. The molecule has 1 N–H and O–H groups in total. The predicted molar refractivity (Wildman–Crippen MR) is 59.8 cm³/mol. The minimum absolute atomic E-state index is 0.161. The van der Waals surface area contributed by atoms with Gasteiger partial charge in [0.25, 0.3) is 0 Å². The normalized spacial score (nSPS) is 19.8. The largest absolute Gasteiger partial charge is 0.492 e. The van der Waals surface area contributed by atoms with Gasteiger partial charge in [-0.05, 0) is 12.1 Å². The van der Waals surface area contributed by atoms with E-state index in [4.69, 9.17) is 21.1 Å². The van der Waals surface area contributed by atoms with Crippen LogP contribution in [0.15, 0.2) is 24.3 Å². The van der Waals surface area contributed by atoms with Crippen LogP contribution in [0.25, 0.3) is 0 Å². The summed E-state index contributed by atoms with van der Waals surface area (Å²) in [5.41, 5.74) is 0. The summed E-state index contributed by atoms with van der Waals surface area (Å²) in [6, 6.07) is 7.29. The molecule has 4 nitrogen and oxygen atoms in total. The lowest BCUT2D eigenvalue weighted by molar-refractivity contribution is 0.0837. The van der Waals surface area contributed by atoms with Crippen molar-refractivity contribution in [2.45, 2.75) is 0 Å². The number of alkyl carbamates (subject to hydrolysis) is 1. The van der Waals surface area contributed by atoms with Gasteiger partial charge in [0.2, 0.25) is 0 Å². The topological polar surface area (TPSA) is 47.6 Å². The Morgan fingerprint density at radius 3 is 3.00 bits per heavy atom. The van der Waals surface area contributed by atoms with Crippen LogP contribution in [0.2, 0.25) is 5.02 Å².